The molecule has 0 saturated heterocycles. The van der Waals surface area contributed by atoms with Crippen LogP contribution in [0.3, 0.4) is 0 Å². The number of amides is 1. The molecule has 0 heterocycles. The minimum Gasteiger partial charge on any atom is -0.330 e. The fourth-order valence-corrected chi connectivity index (χ4v) is 2.88. The molecule has 0 unspecified atom stereocenters. The second-order valence-corrected chi connectivity index (χ2v) is 5.77. The molecule has 1 aromatic carbocycles. The van der Waals surface area contributed by atoms with Crippen molar-refractivity contribution >= 4 is 11.6 Å². The summed E-state index contributed by atoms with van der Waals surface area (Å²) in [5, 5.41) is 3.06. The highest BCUT2D eigenvalue weighted by molar-refractivity contribution is 5.92. The zero-order chi connectivity index (χ0) is 14.2. The number of carbonyl (C=O) groups excluding carboxylic acids is 1. The van der Waals surface area contributed by atoms with Gasteiger partial charge in [-0.1, -0.05) is 44.2 Å². The Bertz CT molecular complexity index is 406. The van der Waals surface area contributed by atoms with E-state index in [4.69, 9.17) is 5.73 Å². The van der Waals surface area contributed by atoms with E-state index < -0.39 is 0 Å². The first-order chi connectivity index (χ1) is 9.79. The van der Waals surface area contributed by atoms with E-state index in [0.717, 1.165) is 24.9 Å². The summed E-state index contributed by atoms with van der Waals surface area (Å²) >= 11 is 0. The molecule has 0 spiro atoms. The smallest absolute Gasteiger partial charge is 0.227 e. The third kappa shape index (κ3) is 4.64. The number of rotatable bonds is 4. The lowest BCUT2D eigenvalue weighted by Gasteiger charge is -2.19. The van der Waals surface area contributed by atoms with Gasteiger partial charge in [-0.3, -0.25) is 4.79 Å². The van der Waals surface area contributed by atoms with Crippen LogP contribution in [0.15, 0.2) is 24.3 Å². The average Bonchev–Trinajstić information content (AvgIpc) is 2.41. The fraction of sp³-hybridized carbons (Fsp3) is 0.588. The third-order valence-electron chi connectivity index (χ3n) is 4.13. The first-order valence-corrected chi connectivity index (χ1v) is 7.89. The number of nitrogens with one attached hydrogen (secondary N) is 1. The molecule has 1 amide bonds. The van der Waals surface area contributed by atoms with Crippen molar-refractivity contribution in [3.63, 3.8) is 0 Å². The van der Waals surface area contributed by atoms with Gasteiger partial charge < -0.3 is 11.1 Å². The van der Waals surface area contributed by atoms with E-state index in [1.807, 2.05) is 24.3 Å². The lowest BCUT2D eigenvalue weighted by atomic mass is 9.90. The Balaban J connectivity index is 1.88. The zero-order valence-electron chi connectivity index (χ0n) is 12.2. The molecule has 1 aromatic rings. The molecule has 110 valence electrons. The molecule has 1 aliphatic rings. The summed E-state index contributed by atoms with van der Waals surface area (Å²) < 4.78 is 0. The highest BCUT2D eigenvalue weighted by Gasteiger charge is 2.19. The van der Waals surface area contributed by atoms with Crippen molar-refractivity contribution in [2.45, 2.75) is 51.4 Å². The Morgan fingerprint density at radius 1 is 1.05 bits per heavy atom. The molecule has 0 bridgehead atoms. The van der Waals surface area contributed by atoms with E-state index in [2.05, 4.69) is 5.32 Å². The van der Waals surface area contributed by atoms with Crippen molar-refractivity contribution < 1.29 is 4.79 Å². The molecule has 3 heteroatoms. The first kappa shape index (κ1) is 15.0. The monoisotopic (exact) mass is 274 g/mol. The molecule has 0 radical (unpaired) electrons. The van der Waals surface area contributed by atoms with Gasteiger partial charge in [0.1, 0.15) is 0 Å². The quantitative estimate of drug-likeness (QED) is 0.883. The number of hydrogen-bond donors (Lipinski definition) is 2. The second-order valence-electron chi connectivity index (χ2n) is 5.77. The van der Waals surface area contributed by atoms with E-state index in [-0.39, 0.29) is 11.8 Å². The Morgan fingerprint density at radius 2 is 1.65 bits per heavy atom. The summed E-state index contributed by atoms with van der Waals surface area (Å²) in [6, 6.07) is 8.04. The topological polar surface area (TPSA) is 55.1 Å². The molecule has 1 aliphatic carbocycles. The van der Waals surface area contributed by atoms with E-state index in [9.17, 15) is 4.79 Å². The summed E-state index contributed by atoms with van der Waals surface area (Å²) in [4.78, 5) is 12.3. The van der Waals surface area contributed by atoms with Crippen LogP contribution in [-0.2, 0) is 11.2 Å². The first-order valence-electron chi connectivity index (χ1n) is 7.89. The largest absolute Gasteiger partial charge is 0.330 e. The van der Waals surface area contributed by atoms with Gasteiger partial charge in [0.05, 0.1) is 0 Å². The molecule has 0 aromatic heterocycles. The zero-order valence-corrected chi connectivity index (χ0v) is 12.2. The number of hydrogen-bond acceptors (Lipinski definition) is 2. The highest BCUT2D eigenvalue weighted by Crippen LogP contribution is 2.23. The molecule has 20 heavy (non-hydrogen) atoms. The van der Waals surface area contributed by atoms with E-state index in [1.54, 1.807) is 0 Å². The summed E-state index contributed by atoms with van der Waals surface area (Å²) in [6.07, 6.45) is 9.22. The van der Waals surface area contributed by atoms with Crippen molar-refractivity contribution in [1.82, 2.24) is 0 Å². The van der Waals surface area contributed by atoms with Gasteiger partial charge in [-0.15, -0.1) is 0 Å². The van der Waals surface area contributed by atoms with Crippen molar-refractivity contribution in [1.29, 1.82) is 0 Å². The van der Waals surface area contributed by atoms with Gasteiger partial charge in [0, 0.05) is 11.6 Å². The molecule has 3 N–H and O–H groups in total. The molecule has 0 aliphatic heterocycles. The summed E-state index contributed by atoms with van der Waals surface area (Å²) in [7, 11) is 0. The predicted molar refractivity (Wildman–Crippen MR) is 83.6 cm³/mol. The standard InChI is InChI=1S/C17H26N2O/c18-13-12-14-8-10-16(11-9-14)19-17(20)15-6-4-2-1-3-5-7-15/h8-11,15H,1-7,12-13,18H2,(H,19,20). The van der Waals surface area contributed by atoms with Crippen LogP contribution in [0.2, 0.25) is 0 Å². The lowest BCUT2D eigenvalue weighted by molar-refractivity contribution is -0.120. The minimum atomic E-state index is 0.193. The molecular formula is C17H26N2O. The minimum absolute atomic E-state index is 0.193. The van der Waals surface area contributed by atoms with Crippen molar-refractivity contribution in [3.8, 4) is 0 Å². The van der Waals surface area contributed by atoms with Crippen LogP contribution < -0.4 is 11.1 Å². The van der Waals surface area contributed by atoms with Crippen molar-refractivity contribution in [3.05, 3.63) is 29.8 Å². The molecule has 2 rings (SSSR count). The number of carbonyl (C=O) groups is 1. The maximum Gasteiger partial charge on any atom is 0.227 e. The van der Waals surface area contributed by atoms with Gasteiger partial charge in [0.2, 0.25) is 5.91 Å². The number of benzene rings is 1. The molecule has 3 nitrogen and oxygen atoms in total. The maximum absolute atomic E-state index is 12.3. The molecular weight excluding hydrogens is 248 g/mol. The van der Waals surface area contributed by atoms with Crippen LogP contribution in [0, 0.1) is 5.92 Å². The third-order valence-corrected chi connectivity index (χ3v) is 4.13. The van der Waals surface area contributed by atoms with E-state index >= 15 is 0 Å². The number of anilines is 1. The number of nitrogens with two attached hydrogens (primary N) is 1. The van der Waals surface area contributed by atoms with Crippen LogP contribution in [-0.4, -0.2) is 12.5 Å². The normalized spacial score (nSPS) is 17.2. The van der Waals surface area contributed by atoms with E-state index in [0.29, 0.717) is 6.54 Å². The van der Waals surface area contributed by atoms with E-state index in [1.165, 1.54) is 37.7 Å². The van der Waals surface area contributed by atoms with Gasteiger partial charge in [-0.05, 0) is 43.5 Å². The molecule has 1 fully saturated rings. The van der Waals surface area contributed by atoms with Crippen LogP contribution in [0.4, 0.5) is 5.69 Å². The van der Waals surface area contributed by atoms with Crippen LogP contribution in [0.25, 0.3) is 0 Å². The molecule has 1 saturated carbocycles. The lowest BCUT2D eigenvalue weighted by Crippen LogP contribution is -2.23. The SMILES string of the molecule is NCCc1ccc(NC(=O)C2CCCCCCC2)cc1. The predicted octanol–water partition coefficient (Wildman–Crippen LogP) is 3.49. The van der Waals surface area contributed by atoms with Crippen LogP contribution in [0.5, 0.6) is 0 Å². The summed E-state index contributed by atoms with van der Waals surface area (Å²) in [6.45, 7) is 0.660. The Kier molecular flexibility index (Phi) is 6.06. The van der Waals surface area contributed by atoms with Crippen LogP contribution >= 0.6 is 0 Å². The molecule has 0 atom stereocenters. The Hall–Kier alpha value is -1.35. The van der Waals surface area contributed by atoms with Gasteiger partial charge in [0.15, 0.2) is 0 Å². The van der Waals surface area contributed by atoms with Gasteiger partial charge >= 0.3 is 0 Å². The fourth-order valence-electron chi connectivity index (χ4n) is 2.88. The highest BCUT2D eigenvalue weighted by atomic mass is 16.1. The Morgan fingerprint density at radius 3 is 2.25 bits per heavy atom. The maximum atomic E-state index is 12.3. The average molecular weight is 274 g/mol. The summed E-state index contributed by atoms with van der Waals surface area (Å²) in [5.74, 6) is 0.387. The van der Waals surface area contributed by atoms with Crippen LogP contribution in [0.1, 0.15) is 50.5 Å². The second kappa shape index (κ2) is 8.05. The van der Waals surface area contributed by atoms with Crippen molar-refractivity contribution in [2.24, 2.45) is 11.7 Å². The Labute approximate surface area is 121 Å². The van der Waals surface area contributed by atoms with Gasteiger partial charge in [0.25, 0.3) is 0 Å². The van der Waals surface area contributed by atoms with Crippen molar-refractivity contribution in [2.75, 3.05) is 11.9 Å². The summed E-state index contributed by atoms with van der Waals surface area (Å²) in [5.41, 5.74) is 7.65. The van der Waals surface area contributed by atoms with Gasteiger partial charge in [-0.2, -0.15) is 0 Å². The van der Waals surface area contributed by atoms with Gasteiger partial charge in [-0.25, -0.2) is 0 Å².